The first kappa shape index (κ1) is 19.9. The van der Waals surface area contributed by atoms with Gasteiger partial charge in [-0.25, -0.2) is 0 Å². The van der Waals surface area contributed by atoms with Gasteiger partial charge in [-0.3, -0.25) is 9.59 Å². The predicted octanol–water partition coefficient (Wildman–Crippen LogP) is 4.26. The first-order chi connectivity index (χ1) is 14.0. The van der Waals surface area contributed by atoms with Crippen molar-refractivity contribution in [2.75, 3.05) is 31.6 Å². The minimum atomic E-state index is -0.218. The first-order valence-corrected chi connectivity index (χ1v) is 10.2. The number of carbonyl (C=O) groups excluding carboxylic acids is 2. The van der Waals surface area contributed by atoms with E-state index in [2.05, 4.69) is 5.32 Å². The highest BCUT2D eigenvalue weighted by Gasteiger charge is 2.25. The molecule has 2 aliphatic rings. The number of nitrogens with one attached hydrogen (secondary N) is 1. The molecule has 4 rings (SSSR count). The molecule has 0 spiro atoms. The Morgan fingerprint density at radius 1 is 1.14 bits per heavy atom. The number of hydrogen-bond donors (Lipinski definition) is 1. The number of carbonyl (C=O) groups is 2. The van der Waals surface area contributed by atoms with Crippen LogP contribution in [0.25, 0.3) is 0 Å². The minimum Gasteiger partial charge on any atom is -0.493 e. The van der Waals surface area contributed by atoms with Crippen molar-refractivity contribution in [3.8, 4) is 11.5 Å². The van der Waals surface area contributed by atoms with Crippen LogP contribution in [0.4, 0.5) is 5.69 Å². The number of rotatable bonds is 4. The molecule has 0 bridgehead atoms. The van der Waals surface area contributed by atoms with Gasteiger partial charge in [-0.1, -0.05) is 23.2 Å². The number of likely N-dealkylation sites (tertiary alicyclic amines) is 1. The van der Waals surface area contributed by atoms with Crippen LogP contribution in [0, 0.1) is 5.92 Å². The molecule has 0 saturated carbocycles. The van der Waals surface area contributed by atoms with Crippen LogP contribution in [0.2, 0.25) is 10.0 Å². The number of nitrogens with zero attached hydrogens (tertiary/aromatic N) is 1. The first-order valence-electron chi connectivity index (χ1n) is 9.43. The smallest absolute Gasteiger partial charge is 0.262 e. The molecule has 2 heterocycles. The summed E-state index contributed by atoms with van der Waals surface area (Å²) in [5.41, 5.74) is 1.08. The van der Waals surface area contributed by atoms with Crippen LogP contribution in [0.15, 0.2) is 36.4 Å². The van der Waals surface area contributed by atoms with E-state index in [1.54, 1.807) is 36.4 Å². The lowest BCUT2D eigenvalue weighted by Crippen LogP contribution is -2.39. The van der Waals surface area contributed by atoms with Crippen molar-refractivity contribution in [1.29, 1.82) is 0 Å². The van der Waals surface area contributed by atoms with E-state index in [0.29, 0.717) is 58.4 Å². The van der Waals surface area contributed by atoms with Gasteiger partial charge in [0.2, 0.25) is 0 Å². The summed E-state index contributed by atoms with van der Waals surface area (Å²) < 4.78 is 11.2. The highest BCUT2D eigenvalue weighted by atomic mass is 35.5. The van der Waals surface area contributed by atoms with Gasteiger partial charge in [0.1, 0.15) is 11.5 Å². The maximum atomic E-state index is 12.8. The molecule has 29 heavy (non-hydrogen) atoms. The lowest BCUT2D eigenvalue weighted by Gasteiger charge is -2.32. The zero-order valence-corrected chi connectivity index (χ0v) is 17.1. The fourth-order valence-electron chi connectivity index (χ4n) is 3.48. The van der Waals surface area contributed by atoms with E-state index in [9.17, 15) is 9.59 Å². The second kappa shape index (κ2) is 8.51. The van der Waals surface area contributed by atoms with Gasteiger partial charge >= 0.3 is 0 Å². The van der Waals surface area contributed by atoms with E-state index in [0.717, 1.165) is 12.8 Å². The summed E-state index contributed by atoms with van der Waals surface area (Å²) in [6.45, 7) is 1.89. The number of hydrogen-bond acceptors (Lipinski definition) is 4. The largest absolute Gasteiger partial charge is 0.493 e. The molecular weight excluding hydrogens is 415 g/mol. The third-order valence-electron chi connectivity index (χ3n) is 5.14. The number of anilines is 1. The lowest BCUT2D eigenvalue weighted by molar-refractivity contribution is -0.118. The van der Waals surface area contributed by atoms with Crippen LogP contribution >= 0.6 is 23.2 Å². The minimum absolute atomic E-state index is 0.00188. The zero-order chi connectivity index (χ0) is 20.4. The number of fused-ring (bicyclic) bond motifs is 1. The third kappa shape index (κ3) is 4.60. The van der Waals surface area contributed by atoms with E-state index in [4.69, 9.17) is 32.7 Å². The monoisotopic (exact) mass is 434 g/mol. The van der Waals surface area contributed by atoms with Crippen molar-refractivity contribution in [2.24, 2.45) is 5.92 Å². The maximum absolute atomic E-state index is 12.8. The SMILES string of the molecule is O=C1COc2ccc(C(=O)N3CCC(COc4ccc(Cl)c(Cl)c4)CC3)cc2N1. The highest BCUT2D eigenvalue weighted by Crippen LogP contribution is 2.30. The molecule has 0 atom stereocenters. The van der Waals surface area contributed by atoms with Gasteiger partial charge in [0.15, 0.2) is 6.61 Å². The van der Waals surface area contributed by atoms with E-state index >= 15 is 0 Å². The van der Waals surface area contributed by atoms with Crippen molar-refractivity contribution >= 4 is 40.7 Å². The molecule has 2 amide bonds. The molecule has 2 aromatic rings. The summed E-state index contributed by atoms with van der Waals surface area (Å²) in [7, 11) is 0. The number of amides is 2. The Labute approximate surface area is 178 Å². The molecular formula is C21H20Cl2N2O4. The van der Waals surface area contributed by atoms with Crippen LogP contribution in [0.1, 0.15) is 23.2 Å². The van der Waals surface area contributed by atoms with Crippen molar-refractivity contribution in [1.82, 2.24) is 4.90 Å². The normalized spacial score (nSPS) is 16.6. The Morgan fingerprint density at radius 2 is 1.93 bits per heavy atom. The molecule has 6 nitrogen and oxygen atoms in total. The topological polar surface area (TPSA) is 67.9 Å². The number of piperidine rings is 1. The average molecular weight is 435 g/mol. The molecule has 1 N–H and O–H groups in total. The Hall–Kier alpha value is -2.44. The van der Waals surface area contributed by atoms with Crippen molar-refractivity contribution in [2.45, 2.75) is 12.8 Å². The fourth-order valence-corrected chi connectivity index (χ4v) is 3.77. The Bertz CT molecular complexity index is 942. The van der Waals surface area contributed by atoms with Crippen LogP contribution in [0.3, 0.4) is 0 Å². The predicted molar refractivity (Wildman–Crippen MR) is 111 cm³/mol. The van der Waals surface area contributed by atoms with E-state index < -0.39 is 0 Å². The van der Waals surface area contributed by atoms with Gasteiger partial charge in [-0.2, -0.15) is 0 Å². The van der Waals surface area contributed by atoms with E-state index in [1.165, 1.54) is 0 Å². The van der Waals surface area contributed by atoms with Gasteiger partial charge in [0, 0.05) is 24.7 Å². The average Bonchev–Trinajstić information content (AvgIpc) is 2.74. The van der Waals surface area contributed by atoms with Crippen molar-refractivity contribution < 1.29 is 19.1 Å². The molecule has 2 aromatic carbocycles. The number of benzene rings is 2. The number of halogens is 2. The van der Waals surface area contributed by atoms with Crippen molar-refractivity contribution in [3.05, 3.63) is 52.0 Å². The standard InChI is InChI=1S/C21H20Cl2N2O4/c22-16-3-2-15(10-17(16)23)28-11-13-5-7-25(8-6-13)21(27)14-1-4-19-18(9-14)24-20(26)12-29-19/h1-4,9-10,13H,5-8,11-12H2,(H,24,26). The van der Waals surface area contributed by atoms with Crippen LogP contribution in [-0.2, 0) is 4.79 Å². The van der Waals surface area contributed by atoms with Crippen LogP contribution in [-0.4, -0.2) is 43.0 Å². The summed E-state index contributed by atoms with van der Waals surface area (Å²) in [6.07, 6.45) is 1.72. The van der Waals surface area contributed by atoms with Gasteiger partial charge < -0.3 is 19.7 Å². The summed E-state index contributed by atoms with van der Waals surface area (Å²) in [4.78, 5) is 26.2. The summed E-state index contributed by atoms with van der Waals surface area (Å²) >= 11 is 11.9. The molecule has 0 aliphatic carbocycles. The molecule has 0 aromatic heterocycles. The van der Waals surface area contributed by atoms with E-state index in [1.807, 2.05) is 4.90 Å². The lowest BCUT2D eigenvalue weighted by atomic mass is 9.97. The summed E-state index contributed by atoms with van der Waals surface area (Å²) in [5.74, 6) is 1.38. The Morgan fingerprint density at radius 3 is 2.69 bits per heavy atom. The second-order valence-electron chi connectivity index (χ2n) is 7.17. The molecule has 0 radical (unpaired) electrons. The fraction of sp³-hybridized carbons (Fsp3) is 0.333. The Kier molecular flexibility index (Phi) is 5.83. The van der Waals surface area contributed by atoms with Crippen molar-refractivity contribution in [3.63, 3.8) is 0 Å². The summed E-state index contributed by atoms with van der Waals surface area (Å²) in [6, 6.07) is 10.4. The zero-order valence-electron chi connectivity index (χ0n) is 15.6. The summed E-state index contributed by atoms with van der Waals surface area (Å²) in [5, 5.41) is 3.70. The highest BCUT2D eigenvalue weighted by molar-refractivity contribution is 6.42. The molecule has 152 valence electrons. The van der Waals surface area contributed by atoms with Gasteiger partial charge in [0.25, 0.3) is 11.8 Å². The third-order valence-corrected chi connectivity index (χ3v) is 5.88. The maximum Gasteiger partial charge on any atom is 0.262 e. The quantitative estimate of drug-likeness (QED) is 0.780. The Balaban J connectivity index is 1.31. The molecule has 8 heteroatoms. The van der Waals surface area contributed by atoms with Gasteiger partial charge in [-0.15, -0.1) is 0 Å². The van der Waals surface area contributed by atoms with E-state index in [-0.39, 0.29) is 18.4 Å². The number of ether oxygens (including phenoxy) is 2. The molecule has 1 fully saturated rings. The van der Waals surface area contributed by atoms with Crippen LogP contribution in [0.5, 0.6) is 11.5 Å². The molecule has 1 saturated heterocycles. The second-order valence-corrected chi connectivity index (χ2v) is 7.98. The molecule has 0 unspecified atom stereocenters. The van der Waals surface area contributed by atoms with Gasteiger partial charge in [-0.05, 0) is 49.1 Å². The van der Waals surface area contributed by atoms with Gasteiger partial charge in [0.05, 0.1) is 22.3 Å². The van der Waals surface area contributed by atoms with Crippen LogP contribution < -0.4 is 14.8 Å². The molecule has 2 aliphatic heterocycles.